The van der Waals surface area contributed by atoms with E-state index in [1.807, 2.05) is 55.5 Å². The van der Waals surface area contributed by atoms with E-state index < -0.39 is 0 Å². The van der Waals surface area contributed by atoms with E-state index in [2.05, 4.69) is 10.3 Å². The van der Waals surface area contributed by atoms with Crippen LogP contribution in [0.2, 0.25) is 0 Å². The molecule has 0 aliphatic heterocycles. The van der Waals surface area contributed by atoms with E-state index >= 15 is 0 Å². The van der Waals surface area contributed by atoms with Crippen LogP contribution in [0.4, 0.5) is 0 Å². The van der Waals surface area contributed by atoms with Crippen molar-refractivity contribution in [2.45, 2.75) is 19.9 Å². The highest BCUT2D eigenvalue weighted by Crippen LogP contribution is 2.22. The standard InChI is InChI=1S/C19H20N2O2/c1-13-16(15-8-4-5-9-17(15)21-13)11-19(22)20-12-14-7-3-6-10-18(14)23-2/h3-10,21H,11-12H2,1-2H3,(H,20,22). The van der Waals surface area contributed by atoms with Gasteiger partial charge in [-0.25, -0.2) is 0 Å². The predicted octanol–water partition coefficient (Wildman–Crippen LogP) is 3.34. The van der Waals surface area contributed by atoms with Crippen LogP contribution >= 0.6 is 0 Å². The molecule has 2 N–H and O–H groups in total. The fraction of sp³-hybridized carbons (Fsp3) is 0.211. The molecule has 4 heteroatoms. The van der Waals surface area contributed by atoms with Crippen LogP contribution in [0.1, 0.15) is 16.8 Å². The van der Waals surface area contributed by atoms with Crippen LogP contribution in [0.25, 0.3) is 10.9 Å². The van der Waals surface area contributed by atoms with E-state index in [0.717, 1.165) is 33.5 Å². The largest absolute Gasteiger partial charge is 0.496 e. The van der Waals surface area contributed by atoms with Crippen LogP contribution in [0.3, 0.4) is 0 Å². The summed E-state index contributed by atoms with van der Waals surface area (Å²) in [6.07, 6.45) is 0.366. The van der Waals surface area contributed by atoms with Crippen LogP contribution in [0.15, 0.2) is 48.5 Å². The van der Waals surface area contributed by atoms with Crippen LogP contribution < -0.4 is 10.1 Å². The maximum atomic E-state index is 12.3. The SMILES string of the molecule is COc1ccccc1CNC(=O)Cc1c(C)[nH]c2ccccc12. The maximum absolute atomic E-state index is 12.3. The third-order valence-corrected chi connectivity index (χ3v) is 4.03. The van der Waals surface area contributed by atoms with Gasteiger partial charge in [0.25, 0.3) is 0 Å². The van der Waals surface area contributed by atoms with Crippen molar-refractivity contribution in [3.8, 4) is 5.75 Å². The molecule has 118 valence electrons. The summed E-state index contributed by atoms with van der Waals surface area (Å²) in [7, 11) is 1.63. The number of carbonyl (C=O) groups excluding carboxylic acids is 1. The van der Waals surface area contributed by atoms with Gasteiger partial charge in [0.1, 0.15) is 5.75 Å². The molecule has 0 atom stereocenters. The Kier molecular flexibility index (Phi) is 4.33. The molecule has 0 bridgehead atoms. The highest BCUT2D eigenvalue weighted by Gasteiger charge is 2.12. The van der Waals surface area contributed by atoms with Gasteiger partial charge < -0.3 is 15.0 Å². The molecule has 3 aromatic rings. The number of amides is 1. The molecular weight excluding hydrogens is 288 g/mol. The van der Waals surface area contributed by atoms with Crippen LogP contribution in [0, 0.1) is 6.92 Å². The molecule has 0 saturated heterocycles. The van der Waals surface area contributed by atoms with Crippen LogP contribution in [-0.4, -0.2) is 18.0 Å². The molecule has 0 saturated carbocycles. The van der Waals surface area contributed by atoms with Crippen molar-refractivity contribution in [1.29, 1.82) is 0 Å². The highest BCUT2D eigenvalue weighted by atomic mass is 16.5. The summed E-state index contributed by atoms with van der Waals surface area (Å²) in [5.41, 5.74) is 4.13. The van der Waals surface area contributed by atoms with E-state index in [4.69, 9.17) is 4.74 Å². The minimum atomic E-state index is 0.00348. The second-order valence-corrected chi connectivity index (χ2v) is 5.54. The number of fused-ring (bicyclic) bond motifs is 1. The molecule has 23 heavy (non-hydrogen) atoms. The average molecular weight is 308 g/mol. The normalized spacial score (nSPS) is 10.7. The van der Waals surface area contributed by atoms with E-state index in [1.54, 1.807) is 7.11 Å². The van der Waals surface area contributed by atoms with Crippen LogP contribution in [0.5, 0.6) is 5.75 Å². The monoisotopic (exact) mass is 308 g/mol. The Hall–Kier alpha value is -2.75. The molecule has 4 nitrogen and oxygen atoms in total. The second kappa shape index (κ2) is 6.57. The van der Waals surface area contributed by atoms with Gasteiger partial charge in [-0.05, 0) is 24.6 Å². The first-order valence-corrected chi connectivity index (χ1v) is 7.64. The molecule has 3 rings (SSSR count). The van der Waals surface area contributed by atoms with Gasteiger partial charge in [0, 0.05) is 28.7 Å². The fourth-order valence-electron chi connectivity index (χ4n) is 2.83. The molecule has 0 radical (unpaired) electrons. The number of aromatic amines is 1. The molecule has 1 amide bonds. The smallest absolute Gasteiger partial charge is 0.224 e. The van der Waals surface area contributed by atoms with Gasteiger partial charge in [-0.15, -0.1) is 0 Å². The van der Waals surface area contributed by atoms with Crippen molar-refractivity contribution in [1.82, 2.24) is 10.3 Å². The number of methoxy groups -OCH3 is 1. The highest BCUT2D eigenvalue weighted by molar-refractivity contribution is 5.90. The van der Waals surface area contributed by atoms with Crippen molar-refractivity contribution in [2.75, 3.05) is 7.11 Å². The van der Waals surface area contributed by atoms with Crippen molar-refractivity contribution in [3.05, 3.63) is 65.4 Å². The third-order valence-electron chi connectivity index (χ3n) is 4.03. The number of carbonyl (C=O) groups is 1. The summed E-state index contributed by atoms with van der Waals surface area (Å²) < 4.78 is 5.30. The van der Waals surface area contributed by atoms with Gasteiger partial charge in [-0.2, -0.15) is 0 Å². The zero-order valence-electron chi connectivity index (χ0n) is 13.3. The molecule has 0 aliphatic carbocycles. The summed E-state index contributed by atoms with van der Waals surface area (Å²) in [6, 6.07) is 15.8. The number of aryl methyl sites for hydroxylation is 1. The number of ether oxygens (including phenoxy) is 1. The van der Waals surface area contributed by atoms with Gasteiger partial charge in [-0.3, -0.25) is 4.79 Å². The minimum Gasteiger partial charge on any atom is -0.496 e. The first-order chi connectivity index (χ1) is 11.2. The minimum absolute atomic E-state index is 0.00348. The molecule has 1 heterocycles. The molecule has 0 spiro atoms. The lowest BCUT2D eigenvalue weighted by Gasteiger charge is -2.09. The first-order valence-electron chi connectivity index (χ1n) is 7.64. The van der Waals surface area contributed by atoms with Crippen molar-refractivity contribution >= 4 is 16.8 Å². The summed E-state index contributed by atoms with van der Waals surface area (Å²) >= 11 is 0. The number of nitrogens with one attached hydrogen (secondary N) is 2. The summed E-state index contributed by atoms with van der Waals surface area (Å²) in [6.45, 7) is 2.47. The topological polar surface area (TPSA) is 54.1 Å². The molecule has 0 aliphatic rings. The van der Waals surface area contributed by atoms with E-state index in [9.17, 15) is 4.79 Å². The number of aromatic nitrogens is 1. The van der Waals surface area contributed by atoms with Gasteiger partial charge in [0.2, 0.25) is 5.91 Å². The van der Waals surface area contributed by atoms with E-state index in [-0.39, 0.29) is 5.91 Å². The first kappa shape index (κ1) is 15.2. The summed E-state index contributed by atoms with van der Waals surface area (Å²) in [5.74, 6) is 0.792. The van der Waals surface area contributed by atoms with E-state index in [0.29, 0.717) is 13.0 Å². The number of para-hydroxylation sites is 2. The lowest BCUT2D eigenvalue weighted by molar-refractivity contribution is -0.120. The number of hydrogen-bond donors (Lipinski definition) is 2. The number of rotatable bonds is 5. The van der Waals surface area contributed by atoms with Gasteiger partial charge in [-0.1, -0.05) is 36.4 Å². The lowest BCUT2D eigenvalue weighted by atomic mass is 10.1. The average Bonchev–Trinajstić information content (AvgIpc) is 2.89. The van der Waals surface area contributed by atoms with E-state index in [1.165, 1.54) is 0 Å². The fourth-order valence-corrected chi connectivity index (χ4v) is 2.83. The van der Waals surface area contributed by atoms with Crippen LogP contribution in [-0.2, 0) is 17.8 Å². The second-order valence-electron chi connectivity index (χ2n) is 5.54. The summed E-state index contributed by atoms with van der Waals surface area (Å²) in [4.78, 5) is 15.6. The molecular formula is C19H20N2O2. The Balaban J connectivity index is 1.71. The Morgan fingerprint density at radius 1 is 1.13 bits per heavy atom. The zero-order chi connectivity index (χ0) is 16.2. The molecule has 2 aromatic carbocycles. The zero-order valence-corrected chi connectivity index (χ0v) is 13.3. The number of H-pyrrole nitrogens is 1. The van der Waals surface area contributed by atoms with Gasteiger partial charge >= 0.3 is 0 Å². The van der Waals surface area contributed by atoms with Gasteiger partial charge in [0.05, 0.1) is 13.5 Å². The van der Waals surface area contributed by atoms with Crippen molar-refractivity contribution < 1.29 is 9.53 Å². The maximum Gasteiger partial charge on any atom is 0.224 e. The third kappa shape index (κ3) is 3.21. The molecule has 1 aromatic heterocycles. The summed E-state index contributed by atoms with van der Waals surface area (Å²) in [5, 5.41) is 4.08. The Morgan fingerprint density at radius 2 is 1.87 bits per heavy atom. The Morgan fingerprint density at radius 3 is 2.70 bits per heavy atom. The number of hydrogen-bond acceptors (Lipinski definition) is 2. The lowest BCUT2D eigenvalue weighted by Crippen LogP contribution is -2.25. The molecule has 0 fully saturated rings. The Labute approximate surface area is 135 Å². The predicted molar refractivity (Wildman–Crippen MR) is 91.6 cm³/mol. The molecule has 0 unspecified atom stereocenters. The van der Waals surface area contributed by atoms with Crippen molar-refractivity contribution in [2.24, 2.45) is 0 Å². The number of benzene rings is 2. The Bertz CT molecular complexity index is 836. The van der Waals surface area contributed by atoms with Gasteiger partial charge in [0.15, 0.2) is 0 Å². The van der Waals surface area contributed by atoms with Crippen molar-refractivity contribution in [3.63, 3.8) is 0 Å². The quantitative estimate of drug-likeness (QED) is 0.759.